The average molecular weight is 494 g/mol. The lowest BCUT2D eigenvalue weighted by Crippen LogP contribution is -3.00. The Balaban J connectivity index is 0.00000312. The Kier molecular flexibility index (Phi) is 10.5. The van der Waals surface area contributed by atoms with Crippen LogP contribution in [0.5, 0.6) is 0 Å². The zero-order valence-corrected chi connectivity index (χ0v) is 16.6. The zero-order chi connectivity index (χ0) is 17.5. The van der Waals surface area contributed by atoms with E-state index in [-0.39, 0.29) is 40.5 Å². The predicted molar refractivity (Wildman–Crippen MR) is 80.2 cm³/mol. The third-order valence-electron chi connectivity index (χ3n) is 3.23. The van der Waals surface area contributed by atoms with Crippen LogP contribution in [0.15, 0.2) is 54.2 Å². The molecule has 2 aromatic rings. The lowest BCUT2D eigenvalue weighted by atomic mass is 10.2. The lowest BCUT2D eigenvalue weighted by Gasteiger charge is -1.98. The summed E-state index contributed by atoms with van der Waals surface area (Å²) in [6.07, 6.45) is 9.90. The van der Waals surface area contributed by atoms with Gasteiger partial charge in [-0.25, -0.2) is 4.57 Å². The molecule has 3 N–H and O–H groups in total. The molecule has 10 heteroatoms. The Bertz CT molecular complexity index is 776. The fraction of sp³-hybridized carbons (Fsp3) is 0.125. The second-order valence-electron chi connectivity index (χ2n) is 4.93. The van der Waals surface area contributed by atoms with E-state index in [1.807, 2.05) is 10.6 Å². The Hall–Kier alpha value is -2.20. The van der Waals surface area contributed by atoms with Crippen molar-refractivity contribution < 1.29 is 61.9 Å². The van der Waals surface area contributed by atoms with Gasteiger partial charge in [0.2, 0.25) is 18.3 Å². The number of nitrogens with two attached hydrogens (primary N) is 1. The van der Waals surface area contributed by atoms with E-state index in [2.05, 4.69) is 5.16 Å². The first kappa shape index (κ1) is 23.8. The minimum absolute atomic E-state index is 0. The number of rotatable bonds is 6. The molecule has 26 heavy (non-hydrogen) atoms. The van der Waals surface area contributed by atoms with E-state index < -0.39 is 23.1 Å². The fourth-order valence-corrected chi connectivity index (χ4v) is 2.00. The molecule has 0 unspecified atom stereocenters. The molecule has 140 valence electrons. The highest BCUT2D eigenvalue weighted by Crippen LogP contribution is 2.06. The molecular weight excluding hydrogens is 478 g/mol. The van der Waals surface area contributed by atoms with Crippen LogP contribution in [-0.4, -0.2) is 17.3 Å². The van der Waals surface area contributed by atoms with E-state index in [0.717, 1.165) is 12.4 Å². The second-order valence-corrected chi connectivity index (χ2v) is 4.93. The number of oxime groups is 1. The summed E-state index contributed by atoms with van der Waals surface area (Å²) in [6.45, 7) is 0.796. The summed E-state index contributed by atoms with van der Waals surface area (Å²) in [5, 5.41) is 11.0. The number of pyridine rings is 2. The van der Waals surface area contributed by atoms with Gasteiger partial charge < -0.3 is 44.9 Å². The van der Waals surface area contributed by atoms with Crippen molar-refractivity contribution in [2.45, 2.75) is 13.1 Å². The van der Waals surface area contributed by atoms with Crippen molar-refractivity contribution in [3.05, 3.63) is 71.8 Å². The second kappa shape index (κ2) is 11.4. The highest BCUT2D eigenvalue weighted by molar-refractivity contribution is 5.92. The number of carbonyl (C=O) groups is 1. The number of carbonyl (C=O) groups excluding carboxylic acids is 1. The van der Waals surface area contributed by atoms with Gasteiger partial charge in [-0.05, 0) is 12.2 Å². The summed E-state index contributed by atoms with van der Waals surface area (Å²) in [6, 6.07) is 3.22. The summed E-state index contributed by atoms with van der Waals surface area (Å²) in [5.74, 6) is -2.14. The monoisotopic (exact) mass is 492 g/mol. The molecule has 0 spiro atoms. The maximum absolute atomic E-state index is 13.6. The first-order chi connectivity index (χ1) is 11.5. The van der Waals surface area contributed by atoms with Gasteiger partial charge in [0.05, 0.1) is 17.3 Å². The Morgan fingerprint density at radius 2 is 1.58 bits per heavy atom. The van der Waals surface area contributed by atoms with Crippen LogP contribution in [-0.2, 0) is 13.1 Å². The number of aromatic nitrogens is 2. The topological polar surface area (TPSA) is 83.4 Å². The number of hydrogen-bond donors (Lipinski definition) is 2. The van der Waals surface area contributed by atoms with Crippen LogP contribution in [0.2, 0.25) is 0 Å². The molecule has 0 bridgehead atoms. The SMILES string of the molecule is NC(=O)c1cc[n+](C/C=C/C[n+]2cc(F)c(/C=N/O)c(F)c2)cc1.[Br-].[Br-]. The van der Waals surface area contributed by atoms with Crippen LogP contribution in [0.3, 0.4) is 0 Å². The third-order valence-corrected chi connectivity index (χ3v) is 3.23. The van der Waals surface area contributed by atoms with E-state index in [1.165, 1.54) is 4.57 Å². The highest BCUT2D eigenvalue weighted by atomic mass is 79.9. The largest absolute Gasteiger partial charge is 1.00 e. The summed E-state index contributed by atoms with van der Waals surface area (Å²) in [5.41, 5.74) is 5.18. The van der Waals surface area contributed by atoms with E-state index in [9.17, 15) is 13.6 Å². The summed E-state index contributed by atoms with van der Waals surface area (Å²) >= 11 is 0. The molecule has 2 rings (SSSR count). The van der Waals surface area contributed by atoms with Crippen LogP contribution in [0.1, 0.15) is 15.9 Å². The number of halogens is 4. The van der Waals surface area contributed by atoms with Crippen LogP contribution < -0.4 is 48.8 Å². The van der Waals surface area contributed by atoms with Gasteiger partial charge >= 0.3 is 0 Å². The van der Waals surface area contributed by atoms with E-state index in [0.29, 0.717) is 18.3 Å². The van der Waals surface area contributed by atoms with Gasteiger partial charge in [0.1, 0.15) is 0 Å². The van der Waals surface area contributed by atoms with Gasteiger partial charge in [0.25, 0.3) is 0 Å². The molecule has 0 aliphatic heterocycles. The molecule has 6 nitrogen and oxygen atoms in total. The first-order valence-corrected chi connectivity index (χ1v) is 7.00. The van der Waals surface area contributed by atoms with E-state index >= 15 is 0 Å². The molecule has 0 aromatic carbocycles. The molecule has 1 amide bonds. The fourth-order valence-electron chi connectivity index (χ4n) is 2.00. The molecule has 0 saturated heterocycles. The van der Waals surface area contributed by atoms with Crippen molar-refractivity contribution in [1.29, 1.82) is 0 Å². The lowest BCUT2D eigenvalue weighted by molar-refractivity contribution is -0.692. The van der Waals surface area contributed by atoms with Crippen LogP contribution in [0.4, 0.5) is 8.78 Å². The van der Waals surface area contributed by atoms with Gasteiger partial charge in [-0.2, -0.15) is 13.3 Å². The summed E-state index contributed by atoms with van der Waals surface area (Å²) < 4.78 is 30.4. The van der Waals surface area contributed by atoms with Gasteiger partial charge in [-0.1, -0.05) is 5.16 Å². The molecule has 0 fully saturated rings. The van der Waals surface area contributed by atoms with Crippen molar-refractivity contribution in [2.24, 2.45) is 10.9 Å². The van der Waals surface area contributed by atoms with Gasteiger partial charge in [-0.3, -0.25) is 4.79 Å². The molecular formula is C16H16Br2F2N4O2. The highest BCUT2D eigenvalue weighted by Gasteiger charge is 2.14. The molecule has 2 aromatic heterocycles. The summed E-state index contributed by atoms with van der Waals surface area (Å²) in [7, 11) is 0. The number of nitrogens with zero attached hydrogens (tertiary/aromatic N) is 3. The van der Waals surface area contributed by atoms with E-state index in [1.54, 1.807) is 30.6 Å². The third kappa shape index (κ3) is 6.60. The molecule has 0 aliphatic carbocycles. The number of amides is 1. The van der Waals surface area contributed by atoms with Gasteiger partial charge in [-0.15, -0.1) is 0 Å². The van der Waals surface area contributed by atoms with Crippen molar-refractivity contribution in [3.63, 3.8) is 0 Å². The zero-order valence-electron chi connectivity index (χ0n) is 13.4. The Morgan fingerprint density at radius 3 is 2.04 bits per heavy atom. The minimum atomic E-state index is -0.822. The number of hydrogen-bond acceptors (Lipinski definition) is 3. The molecule has 0 atom stereocenters. The number of primary amides is 1. The van der Waals surface area contributed by atoms with Crippen LogP contribution >= 0.6 is 0 Å². The van der Waals surface area contributed by atoms with Gasteiger partial charge in [0.15, 0.2) is 37.1 Å². The van der Waals surface area contributed by atoms with Crippen molar-refractivity contribution in [2.75, 3.05) is 0 Å². The van der Waals surface area contributed by atoms with Gasteiger partial charge in [0, 0.05) is 12.1 Å². The smallest absolute Gasteiger partial charge is 0.249 e. The van der Waals surface area contributed by atoms with Crippen LogP contribution in [0.25, 0.3) is 0 Å². The van der Waals surface area contributed by atoms with Crippen molar-refractivity contribution in [3.8, 4) is 0 Å². The predicted octanol–water partition coefficient (Wildman–Crippen LogP) is -5.29. The number of allylic oxidation sites excluding steroid dienone is 2. The molecule has 0 aliphatic rings. The minimum Gasteiger partial charge on any atom is -1.00 e. The van der Waals surface area contributed by atoms with E-state index in [4.69, 9.17) is 10.9 Å². The first-order valence-electron chi connectivity index (χ1n) is 7.00. The normalized spacial score (nSPS) is 10.5. The molecule has 0 saturated carbocycles. The van der Waals surface area contributed by atoms with Crippen LogP contribution in [0, 0.1) is 11.6 Å². The quantitative estimate of drug-likeness (QED) is 0.138. The Morgan fingerprint density at radius 1 is 1.08 bits per heavy atom. The average Bonchev–Trinajstić information content (AvgIpc) is 2.55. The maximum Gasteiger partial charge on any atom is 0.249 e. The maximum atomic E-state index is 13.6. The molecule has 2 heterocycles. The Labute approximate surface area is 169 Å². The van der Waals surface area contributed by atoms with Crippen molar-refractivity contribution in [1.82, 2.24) is 0 Å². The van der Waals surface area contributed by atoms with Crippen molar-refractivity contribution >= 4 is 12.1 Å². The standard InChI is InChI=1S/C16H14F2N4O2.2BrH/c17-14-10-22(11-15(18)13(14)9-20-24)6-2-1-5-21-7-3-12(4-8-21)16(19)23;;/h1-4,7-11H,5-6H2,(H-,19,23);2*1H/b2-1+;;. The molecule has 0 radical (unpaired) electrons. The summed E-state index contributed by atoms with van der Waals surface area (Å²) in [4.78, 5) is 11.0.